The molecular weight excluding hydrogens is 284 g/mol. The van der Waals surface area contributed by atoms with Crippen LogP contribution in [0.4, 0.5) is 0 Å². The van der Waals surface area contributed by atoms with Crippen molar-refractivity contribution in [3.63, 3.8) is 0 Å². The van der Waals surface area contributed by atoms with Gasteiger partial charge in [0.05, 0.1) is 18.4 Å². The fraction of sp³-hybridized carbons (Fsp3) is 0.667. The molecule has 0 spiro atoms. The van der Waals surface area contributed by atoms with Crippen molar-refractivity contribution >= 4 is 60.0 Å². The summed E-state index contributed by atoms with van der Waals surface area (Å²) >= 11 is 3.37. The van der Waals surface area contributed by atoms with E-state index in [0.717, 1.165) is 42.7 Å². The van der Waals surface area contributed by atoms with Gasteiger partial charge in [0.25, 0.3) is 0 Å². The number of nitrogens with zero attached hydrogens (tertiary/aromatic N) is 1. The first-order valence-corrected chi connectivity index (χ1v) is 13.3. The van der Waals surface area contributed by atoms with Gasteiger partial charge in [0.1, 0.15) is 0 Å². The molecule has 0 rings (SSSR count). The molecule has 1 unspecified atom stereocenters. The zero-order valence-corrected chi connectivity index (χ0v) is 12.0. The Bertz CT molecular complexity index is 146. The topological polar surface area (TPSA) is 61.1 Å². The quantitative estimate of drug-likeness (QED) is 0.634. The fourth-order valence-electron chi connectivity index (χ4n) is 0.492. The zero-order chi connectivity index (χ0) is 9.28. The SMILES string of the molecule is CCC(C#N)CC(=O)O.[K][I]. The average molecular weight is 293 g/mol. The summed E-state index contributed by atoms with van der Waals surface area (Å²) in [6.45, 7) is 1.80. The number of carbonyl (C=O) groups is 1. The standard InChI is InChI=1S/C6H9NO2.HI.K/c1-2-5(4-7)3-6(8)9;;/h5H,2-3H2,1H3,(H,8,9);1H;/q;;+1/p-1. The Labute approximate surface area is 105 Å². The third-order valence-corrected chi connectivity index (χ3v) is 1.10. The summed E-state index contributed by atoms with van der Waals surface area (Å²) in [6.07, 6.45) is 0.579. The minimum atomic E-state index is -0.900. The first-order valence-electron chi connectivity index (χ1n) is 3.20. The second-order valence-corrected chi connectivity index (χ2v) is 1.83. The van der Waals surface area contributed by atoms with Gasteiger partial charge in [-0.25, -0.2) is 0 Å². The molecule has 11 heavy (non-hydrogen) atoms. The van der Waals surface area contributed by atoms with Crippen molar-refractivity contribution in [2.24, 2.45) is 5.92 Å². The van der Waals surface area contributed by atoms with Gasteiger partial charge >= 0.3 is 60.0 Å². The number of carboxylic acid groups (broad SMARTS) is 1. The Balaban J connectivity index is 0. The molecular formula is C6H9IKNO2. The second-order valence-electron chi connectivity index (χ2n) is 1.83. The molecule has 0 aliphatic carbocycles. The van der Waals surface area contributed by atoms with Crippen LogP contribution in [-0.2, 0) is 4.79 Å². The molecule has 0 bridgehead atoms. The summed E-state index contributed by atoms with van der Waals surface area (Å²) in [6, 6.07) is 1.90. The van der Waals surface area contributed by atoms with Gasteiger partial charge in [-0.15, -0.1) is 0 Å². The van der Waals surface area contributed by atoms with E-state index in [9.17, 15) is 4.79 Å². The molecule has 0 aromatic heterocycles. The summed E-state index contributed by atoms with van der Waals surface area (Å²) in [7, 11) is 0. The van der Waals surface area contributed by atoms with Gasteiger partial charge in [-0.2, -0.15) is 5.26 Å². The predicted octanol–water partition coefficient (Wildman–Crippen LogP) is 1.52. The Kier molecular flexibility index (Phi) is 15.3. The van der Waals surface area contributed by atoms with E-state index in [4.69, 9.17) is 10.4 Å². The minimum absolute atomic E-state index is 0.0347. The first-order chi connectivity index (χ1) is 5.20. The molecule has 5 heteroatoms. The van der Waals surface area contributed by atoms with Gasteiger partial charge < -0.3 is 5.11 Å². The van der Waals surface area contributed by atoms with Crippen LogP contribution in [0.2, 0.25) is 0 Å². The first kappa shape index (κ1) is 14.8. The van der Waals surface area contributed by atoms with Crippen LogP contribution in [0.15, 0.2) is 0 Å². The van der Waals surface area contributed by atoms with Crippen LogP contribution in [0, 0.1) is 17.2 Å². The molecule has 0 radical (unpaired) electrons. The van der Waals surface area contributed by atoms with E-state index in [1.54, 1.807) is 6.92 Å². The molecule has 58 valence electrons. The number of hydrogen-bond donors (Lipinski definition) is 1. The predicted molar refractivity (Wildman–Crippen MR) is 51.4 cm³/mol. The van der Waals surface area contributed by atoms with E-state index in [0.29, 0.717) is 6.42 Å². The van der Waals surface area contributed by atoms with E-state index in [-0.39, 0.29) is 12.3 Å². The molecule has 0 saturated carbocycles. The van der Waals surface area contributed by atoms with Crippen LogP contribution in [-0.4, -0.2) is 53.8 Å². The van der Waals surface area contributed by atoms with Crippen molar-refractivity contribution in [1.82, 2.24) is 0 Å². The van der Waals surface area contributed by atoms with Crippen molar-refractivity contribution in [3.8, 4) is 6.07 Å². The summed E-state index contributed by atoms with van der Waals surface area (Å²) < 4.78 is 0. The monoisotopic (exact) mass is 293 g/mol. The van der Waals surface area contributed by atoms with Crippen LogP contribution >= 0.6 is 11.3 Å². The molecule has 0 aromatic rings. The third kappa shape index (κ3) is 11.3. The van der Waals surface area contributed by atoms with Crippen molar-refractivity contribution in [2.45, 2.75) is 19.8 Å². The molecule has 0 aliphatic heterocycles. The molecule has 0 heterocycles. The molecule has 0 fully saturated rings. The zero-order valence-electron chi connectivity index (χ0n) is 6.67. The van der Waals surface area contributed by atoms with Gasteiger partial charge in [0, 0.05) is 0 Å². The average Bonchev–Trinajstić information content (AvgIpc) is 2.03. The van der Waals surface area contributed by atoms with Crippen molar-refractivity contribution in [1.29, 1.82) is 5.26 Å². The number of hydrogen-bond acceptors (Lipinski definition) is 2. The Morgan fingerprint density at radius 2 is 2.27 bits per heavy atom. The molecule has 3 nitrogen and oxygen atoms in total. The maximum atomic E-state index is 9.98. The Morgan fingerprint density at radius 1 is 1.82 bits per heavy atom. The van der Waals surface area contributed by atoms with Gasteiger partial charge in [0.2, 0.25) is 0 Å². The van der Waals surface area contributed by atoms with E-state index < -0.39 is 5.97 Å². The van der Waals surface area contributed by atoms with Crippen molar-refractivity contribution in [3.05, 3.63) is 0 Å². The summed E-state index contributed by atoms with van der Waals surface area (Å²) in [5.74, 6) is -1.22. The fourth-order valence-corrected chi connectivity index (χ4v) is 0.492. The van der Waals surface area contributed by atoms with Crippen LogP contribution in [0.1, 0.15) is 19.8 Å². The van der Waals surface area contributed by atoms with Gasteiger partial charge in [-0.3, -0.25) is 4.79 Å². The molecule has 0 amide bonds. The van der Waals surface area contributed by atoms with Gasteiger partial charge in [0.15, 0.2) is 0 Å². The molecule has 1 atom stereocenters. The summed E-state index contributed by atoms with van der Waals surface area (Å²) in [4.78, 5) is 9.98. The molecule has 0 aliphatic rings. The summed E-state index contributed by atoms with van der Waals surface area (Å²) in [5.41, 5.74) is 0. The number of aliphatic carboxylic acids is 1. The molecule has 1 N–H and O–H groups in total. The number of nitriles is 1. The van der Waals surface area contributed by atoms with E-state index in [1.165, 1.54) is 0 Å². The van der Waals surface area contributed by atoms with Crippen molar-refractivity contribution < 1.29 is 9.90 Å². The van der Waals surface area contributed by atoms with Crippen LogP contribution in [0.3, 0.4) is 0 Å². The summed E-state index contributed by atoms with van der Waals surface area (Å²) in [5, 5.41) is 16.5. The number of carboxylic acids is 1. The van der Waals surface area contributed by atoms with Gasteiger partial charge in [-0.05, 0) is 6.42 Å². The molecule has 0 aromatic carbocycles. The van der Waals surface area contributed by atoms with Crippen molar-refractivity contribution in [2.75, 3.05) is 0 Å². The number of halogens is 1. The normalized spacial score (nSPS) is 10.5. The number of rotatable bonds is 3. The third-order valence-electron chi connectivity index (χ3n) is 1.10. The van der Waals surface area contributed by atoms with Crippen LogP contribution in [0.25, 0.3) is 0 Å². The van der Waals surface area contributed by atoms with E-state index in [1.807, 2.05) is 6.07 Å². The Morgan fingerprint density at radius 3 is 2.36 bits per heavy atom. The van der Waals surface area contributed by atoms with Gasteiger partial charge in [-0.1, -0.05) is 6.92 Å². The van der Waals surface area contributed by atoms with Crippen LogP contribution < -0.4 is 0 Å². The van der Waals surface area contributed by atoms with E-state index in [2.05, 4.69) is 11.3 Å². The maximum absolute atomic E-state index is 9.98. The van der Waals surface area contributed by atoms with E-state index >= 15 is 0 Å². The molecule has 0 saturated heterocycles. The second kappa shape index (κ2) is 11.3. The van der Waals surface area contributed by atoms with Crippen LogP contribution in [0.5, 0.6) is 0 Å². The Hall–Kier alpha value is 1.33.